The molecule has 0 aromatic rings. The predicted molar refractivity (Wildman–Crippen MR) is 55.2 cm³/mol. The summed E-state index contributed by atoms with van der Waals surface area (Å²) in [6.07, 6.45) is -0.610. The van der Waals surface area contributed by atoms with Gasteiger partial charge in [-0.25, -0.2) is 4.79 Å². The summed E-state index contributed by atoms with van der Waals surface area (Å²) in [5.74, 6) is 0. The Hall–Kier alpha value is -0.850. The summed E-state index contributed by atoms with van der Waals surface area (Å²) in [6, 6.07) is 0. The number of ether oxygens (including phenoxy) is 1. The van der Waals surface area contributed by atoms with E-state index in [1.165, 1.54) is 0 Å². The summed E-state index contributed by atoms with van der Waals surface area (Å²) in [5.41, 5.74) is 4.86. The number of nitrogens with two attached hydrogens (primary N) is 1. The molecule has 0 aromatic carbocycles. The van der Waals surface area contributed by atoms with Crippen LogP contribution in [0.1, 0.15) is 20.8 Å². The summed E-state index contributed by atoms with van der Waals surface area (Å²) in [5, 5.41) is 2.57. The van der Waals surface area contributed by atoms with Gasteiger partial charge in [0.05, 0.1) is 13.2 Å². The van der Waals surface area contributed by atoms with Gasteiger partial charge in [0.1, 0.15) is 6.61 Å². The van der Waals surface area contributed by atoms with Crippen molar-refractivity contribution in [1.82, 2.24) is 5.32 Å². The Morgan fingerprint density at radius 1 is 1.27 bits per heavy atom. The Morgan fingerprint density at radius 3 is 2.47 bits per heavy atom. The van der Waals surface area contributed by atoms with Gasteiger partial charge in [-0.05, 0) is 20.8 Å². The lowest BCUT2D eigenvalue weighted by Crippen LogP contribution is -2.41. The van der Waals surface area contributed by atoms with Crippen molar-refractivity contribution in [2.45, 2.75) is 26.3 Å². The summed E-state index contributed by atoms with van der Waals surface area (Å²) in [6.45, 7) is 7.01. The van der Waals surface area contributed by atoms with Crippen LogP contribution in [-0.4, -0.2) is 38.0 Å². The molecule has 0 saturated carbocycles. The predicted octanol–water partition coefficient (Wildman–Crippen LogP) is 0.418. The fraction of sp³-hybridized carbons (Fsp3) is 0.889. The number of rotatable bonds is 6. The monoisotopic (exact) mass is 220 g/mol. The van der Waals surface area contributed by atoms with Crippen LogP contribution in [0.4, 0.5) is 4.79 Å². The average molecular weight is 220 g/mol. The molecule has 0 spiro atoms. The largest absolute Gasteiger partial charge is 0.439 e. The molecule has 6 heteroatoms. The fourth-order valence-corrected chi connectivity index (χ4v) is 0.701. The Bertz CT molecular complexity index is 179. The molecule has 0 aromatic heterocycles. The molecule has 6 nitrogen and oxygen atoms in total. The molecule has 0 unspecified atom stereocenters. The van der Waals surface area contributed by atoms with Gasteiger partial charge >= 0.3 is 6.09 Å². The third-order valence-corrected chi connectivity index (χ3v) is 1.18. The van der Waals surface area contributed by atoms with Crippen molar-refractivity contribution in [3.63, 3.8) is 0 Å². The molecule has 0 aliphatic heterocycles. The Morgan fingerprint density at radius 2 is 1.93 bits per heavy atom. The maximum absolute atomic E-state index is 11.0. The Labute approximate surface area is 90.0 Å². The number of hydrogen-bond acceptors (Lipinski definition) is 5. The summed E-state index contributed by atoms with van der Waals surface area (Å²) in [4.78, 5) is 20.1. The van der Waals surface area contributed by atoms with Gasteiger partial charge in [-0.15, -0.1) is 0 Å². The first kappa shape index (κ1) is 14.2. The standard InChI is InChI=1S/C9H20N2O4/c1-9(2,3)11-8(12)15-14-7-6-13-5-4-10/h4-7,10H2,1-3H3,(H,11,12). The van der Waals surface area contributed by atoms with Crippen molar-refractivity contribution >= 4 is 6.09 Å². The second-order valence-corrected chi connectivity index (χ2v) is 3.97. The van der Waals surface area contributed by atoms with Crippen LogP contribution in [0.5, 0.6) is 0 Å². The molecule has 0 aliphatic rings. The SMILES string of the molecule is CC(C)(C)NC(=O)OOCCOCCN. The van der Waals surface area contributed by atoms with E-state index >= 15 is 0 Å². The average Bonchev–Trinajstić information content (AvgIpc) is 2.08. The van der Waals surface area contributed by atoms with Gasteiger partial charge in [0, 0.05) is 12.1 Å². The van der Waals surface area contributed by atoms with Crippen molar-refractivity contribution in [3.8, 4) is 0 Å². The zero-order valence-corrected chi connectivity index (χ0v) is 9.54. The van der Waals surface area contributed by atoms with E-state index in [1.807, 2.05) is 20.8 Å². The van der Waals surface area contributed by atoms with Gasteiger partial charge in [-0.1, -0.05) is 0 Å². The quantitative estimate of drug-likeness (QED) is 0.385. The molecule has 3 N–H and O–H groups in total. The third-order valence-electron chi connectivity index (χ3n) is 1.18. The summed E-state index contributed by atoms with van der Waals surface area (Å²) in [7, 11) is 0. The van der Waals surface area contributed by atoms with E-state index in [-0.39, 0.29) is 12.1 Å². The molecule has 0 radical (unpaired) electrons. The highest BCUT2D eigenvalue weighted by Crippen LogP contribution is 1.98. The molecule has 0 rings (SSSR count). The van der Waals surface area contributed by atoms with E-state index in [1.54, 1.807) is 0 Å². The second-order valence-electron chi connectivity index (χ2n) is 3.97. The minimum absolute atomic E-state index is 0.192. The number of amides is 1. The molecular formula is C9H20N2O4. The number of nitrogens with one attached hydrogen (secondary N) is 1. The highest BCUT2D eigenvalue weighted by molar-refractivity contribution is 5.67. The molecule has 1 amide bonds. The number of carbonyl (C=O) groups excluding carboxylic acids is 1. The molecule has 90 valence electrons. The zero-order chi connectivity index (χ0) is 11.7. The van der Waals surface area contributed by atoms with Crippen LogP contribution in [0.3, 0.4) is 0 Å². The Balaban J connectivity index is 3.32. The minimum atomic E-state index is -0.610. The molecular weight excluding hydrogens is 200 g/mol. The van der Waals surface area contributed by atoms with Crippen LogP contribution in [0.15, 0.2) is 0 Å². The number of carbonyl (C=O) groups is 1. The topological polar surface area (TPSA) is 82.8 Å². The first-order valence-corrected chi connectivity index (χ1v) is 4.85. The smallest absolute Gasteiger partial charge is 0.378 e. The third kappa shape index (κ3) is 11.1. The van der Waals surface area contributed by atoms with E-state index in [2.05, 4.69) is 15.1 Å². The van der Waals surface area contributed by atoms with E-state index in [0.717, 1.165) is 0 Å². The van der Waals surface area contributed by atoms with Gasteiger partial charge in [-0.3, -0.25) is 4.89 Å². The van der Waals surface area contributed by atoms with Gasteiger partial charge in [-0.2, -0.15) is 4.89 Å². The van der Waals surface area contributed by atoms with Crippen molar-refractivity contribution in [3.05, 3.63) is 0 Å². The zero-order valence-electron chi connectivity index (χ0n) is 9.54. The van der Waals surface area contributed by atoms with E-state index in [0.29, 0.717) is 19.8 Å². The Kier molecular flexibility index (Phi) is 7.02. The lowest BCUT2D eigenvalue weighted by molar-refractivity contribution is -0.245. The van der Waals surface area contributed by atoms with Crippen LogP contribution in [0, 0.1) is 0 Å². The molecule has 15 heavy (non-hydrogen) atoms. The first-order chi connectivity index (χ1) is 6.95. The number of hydrogen-bond donors (Lipinski definition) is 2. The van der Waals surface area contributed by atoms with Crippen LogP contribution in [-0.2, 0) is 14.5 Å². The highest BCUT2D eigenvalue weighted by Gasteiger charge is 2.14. The van der Waals surface area contributed by atoms with Gasteiger partial charge in [0.2, 0.25) is 0 Å². The van der Waals surface area contributed by atoms with Crippen LogP contribution >= 0.6 is 0 Å². The summed E-state index contributed by atoms with van der Waals surface area (Å²) >= 11 is 0. The fourth-order valence-electron chi connectivity index (χ4n) is 0.701. The lowest BCUT2D eigenvalue weighted by Gasteiger charge is -2.18. The van der Waals surface area contributed by atoms with Gasteiger partial charge < -0.3 is 15.8 Å². The maximum Gasteiger partial charge on any atom is 0.439 e. The first-order valence-electron chi connectivity index (χ1n) is 4.85. The van der Waals surface area contributed by atoms with Crippen molar-refractivity contribution in [2.75, 3.05) is 26.4 Å². The van der Waals surface area contributed by atoms with E-state index in [4.69, 9.17) is 10.5 Å². The van der Waals surface area contributed by atoms with Crippen molar-refractivity contribution < 1.29 is 19.3 Å². The second kappa shape index (κ2) is 7.44. The highest BCUT2D eigenvalue weighted by atomic mass is 17.2. The minimum Gasteiger partial charge on any atom is -0.378 e. The maximum atomic E-state index is 11.0. The van der Waals surface area contributed by atoms with Gasteiger partial charge in [0.15, 0.2) is 0 Å². The molecule has 0 bridgehead atoms. The van der Waals surface area contributed by atoms with E-state index < -0.39 is 6.09 Å². The molecule has 0 saturated heterocycles. The van der Waals surface area contributed by atoms with Crippen molar-refractivity contribution in [1.29, 1.82) is 0 Å². The van der Waals surface area contributed by atoms with Gasteiger partial charge in [0.25, 0.3) is 0 Å². The molecule has 0 aliphatic carbocycles. The van der Waals surface area contributed by atoms with E-state index in [9.17, 15) is 4.79 Å². The van der Waals surface area contributed by atoms with Crippen LogP contribution < -0.4 is 11.1 Å². The normalized spacial score (nSPS) is 11.2. The molecule has 0 fully saturated rings. The van der Waals surface area contributed by atoms with Crippen LogP contribution in [0.2, 0.25) is 0 Å². The summed E-state index contributed by atoms with van der Waals surface area (Å²) < 4.78 is 5.00. The van der Waals surface area contributed by atoms with Crippen molar-refractivity contribution in [2.24, 2.45) is 5.73 Å². The van der Waals surface area contributed by atoms with Crippen LogP contribution in [0.25, 0.3) is 0 Å². The molecule has 0 heterocycles. The molecule has 0 atom stereocenters. The lowest BCUT2D eigenvalue weighted by atomic mass is 10.1.